The van der Waals surface area contributed by atoms with Crippen LogP contribution in [0.4, 0.5) is 0 Å². The van der Waals surface area contributed by atoms with Crippen LogP contribution in [-0.4, -0.2) is 16.8 Å². The molecular formula is C4H6ClO3P. The minimum absolute atomic E-state index is 0.744. The second kappa shape index (κ2) is 3.16. The fourth-order valence-electron chi connectivity index (χ4n) is 0.197. The molecule has 0 radical (unpaired) electrons. The van der Waals surface area contributed by atoms with E-state index in [0.29, 0.717) is 0 Å². The molecule has 1 atom stereocenters. The molecule has 0 saturated heterocycles. The van der Waals surface area contributed by atoms with Gasteiger partial charge in [-0.25, -0.2) is 0 Å². The number of rotatable bonds is 2. The third-order valence-electron chi connectivity index (χ3n) is 0.482. The normalized spacial score (nSPS) is 17.7. The van der Waals surface area contributed by atoms with Gasteiger partial charge in [0.2, 0.25) is 12.6 Å². The molecule has 0 aromatic carbocycles. The molecule has 0 aromatic rings. The Kier molecular flexibility index (Phi) is 3.12. The quantitative estimate of drug-likeness (QED) is 0.383. The van der Waals surface area contributed by atoms with Gasteiger partial charge >= 0.3 is 0 Å². The number of carbonyl (C=O) groups is 1. The molecule has 52 valence electrons. The largest absolute Gasteiger partial charge is 0.342 e. The number of hydrogen-bond donors (Lipinski definition) is 1. The van der Waals surface area contributed by atoms with E-state index < -0.39 is 12.6 Å². The van der Waals surface area contributed by atoms with Crippen molar-refractivity contribution in [3.05, 3.63) is 11.9 Å². The van der Waals surface area contributed by atoms with Crippen molar-refractivity contribution in [2.45, 2.75) is 0 Å². The Morgan fingerprint density at radius 3 is 2.33 bits per heavy atom. The monoisotopic (exact) mass is 168 g/mol. The van der Waals surface area contributed by atoms with Crippen molar-refractivity contribution in [3.63, 3.8) is 0 Å². The second-order valence-electron chi connectivity index (χ2n) is 1.56. The highest BCUT2D eigenvalue weighted by molar-refractivity contribution is 7.60. The molecule has 0 heterocycles. The lowest BCUT2D eigenvalue weighted by Gasteiger charge is -1.91. The van der Waals surface area contributed by atoms with E-state index in [9.17, 15) is 9.36 Å². The molecule has 0 amide bonds. The fourth-order valence-corrected chi connectivity index (χ4v) is 0.760. The van der Waals surface area contributed by atoms with Crippen molar-refractivity contribution in [1.29, 1.82) is 0 Å². The zero-order valence-electron chi connectivity index (χ0n) is 4.74. The van der Waals surface area contributed by atoms with Crippen LogP contribution in [0.5, 0.6) is 0 Å². The molecule has 0 aliphatic heterocycles. The van der Waals surface area contributed by atoms with Crippen LogP contribution in [0.25, 0.3) is 0 Å². The highest BCUT2D eigenvalue weighted by atomic mass is 35.5. The first-order valence-electron chi connectivity index (χ1n) is 2.10. The van der Waals surface area contributed by atoms with Crippen LogP contribution in [0, 0.1) is 0 Å². The van der Waals surface area contributed by atoms with E-state index in [1.54, 1.807) is 0 Å². The lowest BCUT2D eigenvalue weighted by Crippen LogP contribution is -1.75. The summed E-state index contributed by atoms with van der Waals surface area (Å²) < 4.78 is 10.4. The number of halogens is 1. The molecule has 0 aliphatic carbocycles. The van der Waals surface area contributed by atoms with E-state index in [0.717, 1.165) is 18.6 Å². The van der Waals surface area contributed by atoms with Crippen LogP contribution in [0.15, 0.2) is 11.9 Å². The molecule has 1 N–H and O–H groups in total. The first-order valence-corrected chi connectivity index (χ1v) is 4.66. The van der Waals surface area contributed by atoms with Gasteiger partial charge in [-0.05, 0) is 11.6 Å². The smallest absolute Gasteiger partial charge is 0.245 e. The van der Waals surface area contributed by atoms with Gasteiger partial charge in [0, 0.05) is 18.6 Å². The van der Waals surface area contributed by atoms with Gasteiger partial charge in [0.1, 0.15) is 0 Å². The molecule has 0 bridgehead atoms. The SMILES string of the molecule is CP(=O)(O)/C=C/C(=O)Cl. The molecule has 9 heavy (non-hydrogen) atoms. The Morgan fingerprint density at radius 1 is 1.78 bits per heavy atom. The maximum Gasteiger partial charge on any atom is 0.245 e. The van der Waals surface area contributed by atoms with Crippen LogP contribution in [-0.2, 0) is 9.36 Å². The Bertz CT molecular complexity index is 180. The van der Waals surface area contributed by atoms with Gasteiger partial charge in [0.15, 0.2) is 0 Å². The summed E-state index contributed by atoms with van der Waals surface area (Å²) >= 11 is 4.83. The molecule has 0 aliphatic rings. The summed E-state index contributed by atoms with van der Waals surface area (Å²) in [5, 5.41) is -0.744. The van der Waals surface area contributed by atoms with Crippen molar-refractivity contribution in [2.75, 3.05) is 6.66 Å². The molecule has 0 fully saturated rings. The predicted molar refractivity (Wildman–Crippen MR) is 35.7 cm³/mol. The second-order valence-corrected chi connectivity index (χ2v) is 4.12. The van der Waals surface area contributed by atoms with Crippen molar-refractivity contribution in [3.8, 4) is 0 Å². The molecule has 1 unspecified atom stereocenters. The highest BCUT2D eigenvalue weighted by Crippen LogP contribution is 2.36. The minimum atomic E-state index is -3.21. The summed E-state index contributed by atoms with van der Waals surface area (Å²) in [6.45, 7) is 1.11. The van der Waals surface area contributed by atoms with Crippen LogP contribution < -0.4 is 0 Å². The Hall–Kier alpha value is -0.110. The molecule has 0 aromatic heterocycles. The van der Waals surface area contributed by atoms with Gasteiger partial charge in [0.05, 0.1) is 0 Å². The topological polar surface area (TPSA) is 54.4 Å². The van der Waals surface area contributed by atoms with Crippen LogP contribution in [0.2, 0.25) is 0 Å². The number of hydrogen-bond acceptors (Lipinski definition) is 2. The van der Waals surface area contributed by atoms with Crippen LogP contribution in [0.1, 0.15) is 0 Å². The minimum Gasteiger partial charge on any atom is -0.342 e. The van der Waals surface area contributed by atoms with Gasteiger partial charge in [-0.1, -0.05) is 0 Å². The Morgan fingerprint density at radius 2 is 2.22 bits per heavy atom. The molecule has 0 rings (SSSR count). The van der Waals surface area contributed by atoms with Gasteiger partial charge in [-0.15, -0.1) is 0 Å². The first-order chi connectivity index (χ1) is 3.92. The van der Waals surface area contributed by atoms with E-state index in [2.05, 4.69) is 0 Å². The van der Waals surface area contributed by atoms with Gasteiger partial charge in [-0.2, -0.15) is 0 Å². The van der Waals surface area contributed by atoms with Crippen molar-refractivity contribution < 1.29 is 14.3 Å². The van der Waals surface area contributed by atoms with Gasteiger partial charge in [-0.3, -0.25) is 9.36 Å². The lowest BCUT2D eigenvalue weighted by atomic mass is 10.7. The average Bonchev–Trinajstić information content (AvgIpc) is 1.59. The summed E-state index contributed by atoms with van der Waals surface area (Å²) in [6.07, 6.45) is 0.863. The summed E-state index contributed by atoms with van der Waals surface area (Å²) in [5.74, 6) is 0.891. The zero-order valence-corrected chi connectivity index (χ0v) is 6.39. The number of carbonyl (C=O) groups excluding carboxylic acids is 1. The van der Waals surface area contributed by atoms with E-state index >= 15 is 0 Å². The van der Waals surface area contributed by atoms with Gasteiger partial charge < -0.3 is 4.89 Å². The molecule has 3 nitrogen and oxygen atoms in total. The zero-order chi connectivity index (χ0) is 7.49. The van der Waals surface area contributed by atoms with E-state index in [-0.39, 0.29) is 0 Å². The van der Waals surface area contributed by atoms with E-state index in [4.69, 9.17) is 16.5 Å². The summed E-state index contributed by atoms with van der Waals surface area (Å²) in [6, 6.07) is 0. The van der Waals surface area contributed by atoms with Gasteiger partial charge in [0.25, 0.3) is 0 Å². The van der Waals surface area contributed by atoms with Crippen LogP contribution in [0.3, 0.4) is 0 Å². The predicted octanol–water partition coefficient (Wildman–Crippen LogP) is 1.17. The van der Waals surface area contributed by atoms with Crippen molar-refractivity contribution in [2.24, 2.45) is 0 Å². The third kappa shape index (κ3) is 7.89. The average molecular weight is 169 g/mol. The number of allylic oxidation sites excluding steroid dienone is 1. The van der Waals surface area contributed by atoms with E-state index in [1.165, 1.54) is 0 Å². The summed E-state index contributed by atoms with van der Waals surface area (Å²) in [7, 11) is -3.21. The third-order valence-corrected chi connectivity index (χ3v) is 1.31. The molecule has 0 spiro atoms. The maximum absolute atomic E-state index is 10.4. The van der Waals surface area contributed by atoms with Crippen molar-refractivity contribution >= 4 is 24.2 Å². The summed E-state index contributed by atoms with van der Waals surface area (Å²) in [4.78, 5) is 18.5. The maximum atomic E-state index is 10.4. The molecular weight excluding hydrogens is 162 g/mol. The van der Waals surface area contributed by atoms with Crippen LogP contribution >= 0.6 is 19.0 Å². The Balaban J connectivity index is 4.02. The van der Waals surface area contributed by atoms with Crippen molar-refractivity contribution in [1.82, 2.24) is 0 Å². The van der Waals surface area contributed by atoms with E-state index in [1.807, 2.05) is 0 Å². The standard InChI is InChI=1S/C4H6ClO3P/c1-9(7,8)3-2-4(5)6/h2-3H,1H3,(H,7,8)/b3-2+. The fraction of sp³-hybridized carbons (Fsp3) is 0.250. The first kappa shape index (κ1) is 8.89. The molecule has 0 saturated carbocycles. The molecule has 5 heteroatoms. The highest BCUT2D eigenvalue weighted by Gasteiger charge is 2.02. The summed E-state index contributed by atoms with van der Waals surface area (Å²) in [5.41, 5.74) is 0. The lowest BCUT2D eigenvalue weighted by molar-refractivity contribution is -0.107. The Labute approximate surface area is 57.8 Å².